The fourth-order valence-electron chi connectivity index (χ4n) is 1.86. The van der Waals surface area contributed by atoms with Crippen molar-refractivity contribution in [1.82, 2.24) is 15.0 Å². The summed E-state index contributed by atoms with van der Waals surface area (Å²) in [6.45, 7) is 3.03. The van der Waals surface area contributed by atoms with Crippen LogP contribution in [0.1, 0.15) is 13.3 Å². The molecule has 0 amide bonds. The van der Waals surface area contributed by atoms with Gasteiger partial charge in [0.15, 0.2) is 0 Å². The highest BCUT2D eigenvalue weighted by Crippen LogP contribution is 2.24. The first-order chi connectivity index (χ1) is 9.85. The van der Waals surface area contributed by atoms with Crippen LogP contribution in [-0.4, -0.2) is 21.5 Å². The molecule has 2 N–H and O–H groups in total. The Kier molecular flexibility index (Phi) is 3.73. The minimum absolute atomic E-state index is 0.780. The molecule has 1 aromatic carbocycles. The summed E-state index contributed by atoms with van der Waals surface area (Å²) in [6.07, 6.45) is 2.63. The number of aromatic nitrogens is 3. The molecule has 6 heteroatoms. The molecule has 3 aromatic rings. The van der Waals surface area contributed by atoms with Crippen molar-refractivity contribution in [3.8, 4) is 0 Å². The molecule has 2 aromatic heterocycles. The van der Waals surface area contributed by atoms with E-state index in [1.165, 1.54) is 0 Å². The zero-order valence-corrected chi connectivity index (χ0v) is 11.9. The largest absolute Gasteiger partial charge is 0.370 e. The number of benzene rings is 1. The van der Waals surface area contributed by atoms with Gasteiger partial charge >= 0.3 is 0 Å². The lowest BCUT2D eigenvalue weighted by atomic mass is 10.3. The minimum Gasteiger partial charge on any atom is -0.370 e. The molecular formula is C14H15N5S. The van der Waals surface area contributed by atoms with Gasteiger partial charge in [0, 0.05) is 18.3 Å². The van der Waals surface area contributed by atoms with Crippen molar-refractivity contribution in [3.63, 3.8) is 0 Å². The Morgan fingerprint density at radius 1 is 1.10 bits per heavy atom. The van der Waals surface area contributed by atoms with Crippen molar-refractivity contribution < 1.29 is 0 Å². The van der Waals surface area contributed by atoms with Gasteiger partial charge in [0.25, 0.3) is 0 Å². The van der Waals surface area contributed by atoms with E-state index in [0.29, 0.717) is 0 Å². The minimum atomic E-state index is 0.780. The van der Waals surface area contributed by atoms with Crippen molar-refractivity contribution in [2.75, 3.05) is 17.2 Å². The second-order valence-electron chi connectivity index (χ2n) is 4.38. The molecular weight excluding hydrogens is 270 g/mol. The molecule has 0 radical (unpaired) electrons. The van der Waals surface area contributed by atoms with Crippen LogP contribution in [0.25, 0.3) is 10.2 Å². The molecule has 0 atom stereocenters. The van der Waals surface area contributed by atoms with Crippen molar-refractivity contribution in [3.05, 3.63) is 36.1 Å². The summed E-state index contributed by atoms with van der Waals surface area (Å²) in [5.74, 6) is 1.62. The Morgan fingerprint density at radius 2 is 2.00 bits per heavy atom. The van der Waals surface area contributed by atoms with Gasteiger partial charge in [0.1, 0.15) is 18.0 Å². The maximum absolute atomic E-state index is 4.27. The van der Waals surface area contributed by atoms with Gasteiger partial charge in [-0.15, -0.1) is 11.3 Å². The lowest BCUT2D eigenvalue weighted by molar-refractivity contribution is 0.965. The zero-order chi connectivity index (χ0) is 13.8. The second-order valence-corrected chi connectivity index (χ2v) is 5.26. The Balaban J connectivity index is 1.79. The SMILES string of the molecule is CCCNc1cc(Nc2ccc3ncsc3c2)ncn1. The lowest BCUT2D eigenvalue weighted by Gasteiger charge is -2.08. The summed E-state index contributed by atoms with van der Waals surface area (Å²) < 4.78 is 1.16. The van der Waals surface area contributed by atoms with Gasteiger partial charge in [-0.1, -0.05) is 6.92 Å². The normalized spacial score (nSPS) is 10.7. The third kappa shape index (κ3) is 2.85. The van der Waals surface area contributed by atoms with E-state index in [1.54, 1.807) is 17.7 Å². The predicted molar refractivity (Wildman–Crippen MR) is 83.7 cm³/mol. The summed E-state index contributed by atoms with van der Waals surface area (Å²) in [6, 6.07) is 8.00. The van der Waals surface area contributed by atoms with Crippen LogP contribution in [0.5, 0.6) is 0 Å². The highest BCUT2D eigenvalue weighted by Gasteiger charge is 2.02. The maximum Gasteiger partial charge on any atom is 0.135 e. The first-order valence-electron chi connectivity index (χ1n) is 6.51. The third-order valence-electron chi connectivity index (χ3n) is 2.83. The molecule has 0 aliphatic carbocycles. The lowest BCUT2D eigenvalue weighted by Crippen LogP contribution is -2.03. The van der Waals surface area contributed by atoms with Crippen molar-refractivity contribution in [2.45, 2.75) is 13.3 Å². The second kappa shape index (κ2) is 5.83. The summed E-state index contributed by atoms with van der Waals surface area (Å²) >= 11 is 1.63. The number of nitrogens with one attached hydrogen (secondary N) is 2. The Hall–Kier alpha value is -2.21. The molecule has 2 heterocycles. The van der Waals surface area contributed by atoms with Crippen molar-refractivity contribution in [2.24, 2.45) is 0 Å². The van der Waals surface area contributed by atoms with Gasteiger partial charge in [0.2, 0.25) is 0 Å². The maximum atomic E-state index is 4.27. The van der Waals surface area contributed by atoms with E-state index in [4.69, 9.17) is 0 Å². The van der Waals surface area contributed by atoms with Crippen LogP contribution in [0.2, 0.25) is 0 Å². The Labute approximate surface area is 121 Å². The molecule has 0 saturated carbocycles. The van der Waals surface area contributed by atoms with Crippen LogP contribution >= 0.6 is 11.3 Å². The molecule has 0 unspecified atom stereocenters. The number of rotatable bonds is 5. The number of hydrogen-bond donors (Lipinski definition) is 2. The van der Waals surface area contributed by atoms with Crippen LogP contribution in [-0.2, 0) is 0 Å². The number of anilines is 3. The van der Waals surface area contributed by atoms with E-state index < -0.39 is 0 Å². The van der Waals surface area contributed by atoms with E-state index in [0.717, 1.165) is 40.5 Å². The standard InChI is InChI=1S/C14H15N5S/c1-2-5-15-13-7-14(17-8-16-13)19-10-3-4-11-12(6-10)20-9-18-11/h3-4,6-9H,2,5H2,1H3,(H2,15,16,17,19). The number of fused-ring (bicyclic) bond motifs is 1. The molecule has 0 aliphatic rings. The van der Waals surface area contributed by atoms with Gasteiger partial charge in [0.05, 0.1) is 15.7 Å². The molecule has 20 heavy (non-hydrogen) atoms. The average Bonchev–Trinajstić information content (AvgIpc) is 2.93. The van der Waals surface area contributed by atoms with Crippen LogP contribution in [0.3, 0.4) is 0 Å². The van der Waals surface area contributed by atoms with Crippen molar-refractivity contribution in [1.29, 1.82) is 0 Å². The monoisotopic (exact) mass is 285 g/mol. The molecule has 0 saturated heterocycles. The van der Waals surface area contributed by atoms with Gasteiger partial charge in [-0.3, -0.25) is 0 Å². The summed E-state index contributed by atoms with van der Waals surface area (Å²) in [5, 5.41) is 6.54. The zero-order valence-electron chi connectivity index (χ0n) is 11.1. The first kappa shape index (κ1) is 12.8. The molecule has 102 valence electrons. The first-order valence-corrected chi connectivity index (χ1v) is 7.39. The van der Waals surface area contributed by atoms with E-state index in [1.807, 2.05) is 23.7 Å². The van der Waals surface area contributed by atoms with E-state index in [-0.39, 0.29) is 0 Å². The highest BCUT2D eigenvalue weighted by molar-refractivity contribution is 7.16. The molecule has 0 aliphatic heterocycles. The molecule has 5 nitrogen and oxygen atoms in total. The quantitative estimate of drug-likeness (QED) is 0.749. The Morgan fingerprint density at radius 3 is 2.90 bits per heavy atom. The van der Waals surface area contributed by atoms with Crippen LogP contribution in [0.4, 0.5) is 17.3 Å². The summed E-state index contributed by atoms with van der Waals surface area (Å²) in [7, 11) is 0. The topological polar surface area (TPSA) is 62.7 Å². The third-order valence-corrected chi connectivity index (χ3v) is 3.62. The Bertz CT molecular complexity index is 709. The number of hydrogen-bond acceptors (Lipinski definition) is 6. The average molecular weight is 285 g/mol. The summed E-state index contributed by atoms with van der Waals surface area (Å²) in [4.78, 5) is 12.7. The number of thiazole rings is 1. The van der Waals surface area contributed by atoms with E-state index >= 15 is 0 Å². The van der Waals surface area contributed by atoms with Crippen molar-refractivity contribution >= 4 is 38.9 Å². The van der Waals surface area contributed by atoms with Crippen LogP contribution < -0.4 is 10.6 Å². The van der Waals surface area contributed by atoms with Gasteiger partial charge in [-0.05, 0) is 24.6 Å². The number of nitrogens with zero attached hydrogens (tertiary/aromatic N) is 3. The van der Waals surface area contributed by atoms with Gasteiger partial charge < -0.3 is 10.6 Å². The van der Waals surface area contributed by atoms with Crippen LogP contribution in [0, 0.1) is 0 Å². The molecule has 0 spiro atoms. The van der Waals surface area contributed by atoms with Gasteiger partial charge in [-0.2, -0.15) is 0 Å². The fourth-order valence-corrected chi connectivity index (χ4v) is 2.57. The smallest absolute Gasteiger partial charge is 0.135 e. The summed E-state index contributed by atoms with van der Waals surface area (Å²) in [5.41, 5.74) is 3.88. The highest BCUT2D eigenvalue weighted by atomic mass is 32.1. The van der Waals surface area contributed by atoms with E-state index in [2.05, 4.69) is 38.6 Å². The van der Waals surface area contributed by atoms with Gasteiger partial charge in [-0.25, -0.2) is 15.0 Å². The van der Waals surface area contributed by atoms with E-state index in [9.17, 15) is 0 Å². The van der Waals surface area contributed by atoms with Crippen LogP contribution in [0.15, 0.2) is 36.1 Å². The fraction of sp³-hybridized carbons (Fsp3) is 0.214. The molecule has 0 bridgehead atoms. The molecule has 3 rings (SSSR count). The predicted octanol–water partition coefficient (Wildman–Crippen LogP) is 3.65. The molecule has 0 fully saturated rings.